The molecule has 0 aliphatic carbocycles. The maximum Gasteiger partial charge on any atom is 0.191 e. The van der Waals surface area contributed by atoms with Gasteiger partial charge in [-0.15, -0.1) is 0 Å². The normalized spacial score (nSPS) is 16.2. The molecule has 0 radical (unpaired) electrons. The van der Waals surface area contributed by atoms with E-state index < -0.39 is 0 Å². The summed E-state index contributed by atoms with van der Waals surface area (Å²) in [5, 5.41) is 6.93. The van der Waals surface area contributed by atoms with Crippen LogP contribution in [0.25, 0.3) is 0 Å². The molecule has 0 saturated carbocycles. The molecule has 1 unspecified atom stereocenters. The summed E-state index contributed by atoms with van der Waals surface area (Å²) in [7, 11) is 0. The molecule has 1 aromatic rings. The Hall–Kier alpha value is -1.79. The minimum atomic E-state index is 0.409. The average Bonchev–Trinajstić information content (AvgIpc) is 2.76. The highest BCUT2D eigenvalue weighted by Gasteiger charge is 2.11. The summed E-state index contributed by atoms with van der Waals surface area (Å²) in [6.45, 7) is 17.4. The fraction of sp³-hybridized carbons (Fsp3) is 0.696. The molecule has 164 valence electrons. The van der Waals surface area contributed by atoms with Crippen LogP contribution in [0, 0.1) is 0 Å². The summed E-state index contributed by atoms with van der Waals surface area (Å²) < 4.78 is 5.44. The van der Waals surface area contributed by atoms with Gasteiger partial charge in [-0.25, -0.2) is 4.99 Å². The molecule has 1 atom stereocenters. The average molecular weight is 404 g/mol. The van der Waals surface area contributed by atoms with Crippen LogP contribution in [0.4, 0.5) is 5.69 Å². The molecular formula is C23H41N5O. The van der Waals surface area contributed by atoms with Crippen LogP contribution in [0.2, 0.25) is 0 Å². The van der Waals surface area contributed by atoms with Gasteiger partial charge in [-0.2, -0.15) is 0 Å². The van der Waals surface area contributed by atoms with E-state index in [4.69, 9.17) is 9.73 Å². The summed E-state index contributed by atoms with van der Waals surface area (Å²) >= 11 is 0. The van der Waals surface area contributed by atoms with E-state index in [2.05, 4.69) is 72.4 Å². The van der Waals surface area contributed by atoms with Crippen molar-refractivity contribution in [1.29, 1.82) is 0 Å². The predicted molar refractivity (Wildman–Crippen MR) is 124 cm³/mol. The first kappa shape index (κ1) is 23.5. The number of hydrogen-bond donors (Lipinski definition) is 2. The van der Waals surface area contributed by atoms with E-state index in [-0.39, 0.29) is 0 Å². The Morgan fingerprint density at radius 2 is 1.83 bits per heavy atom. The predicted octanol–water partition coefficient (Wildman–Crippen LogP) is 3.09. The molecule has 1 aliphatic heterocycles. The highest BCUT2D eigenvalue weighted by atomic mass is 16.5. The number of anilines is 1. The standard InChI is InChI=1S/C23H41N5O/c1-5-24-23(26-20(4)9-8-14-27(6-2)7-3)25-19-21-10-12-22(13-11-21)28-15-17-29-18-16-28/h10-13,20H,5-9,14-19H2,1-4H3,(H2,24,25,26). The summed E-state index contributed by atoms with van der Waals surface area (Å²) in [5.41, 5.74) is 2.50. The molecule has 0 spiro atoms. The van der Waals surface area contributed by atoms with Crippen LogP contribution < -0.4 is 15.5 Å². The van der Waals surface area contributed by atoms with Gasteiger partial charge in [0.1, 0.15) is 0 Å². The van der Waals surface area contributed by atoms with Crippen LogP contribution in [0.15, 0.2) is 29.3 Å². The van der Waals surface area contributed by atoms with Crippen LogP contribution in [0.1, 0.15) is 46.1 Å². The quantitative estimate of drug-likeness (QED) is 0.439. The molecular weight excluding hydrogens is 362 g/mol. The van der Waals surface area contributed by atoms with Crippen molar-refractivity contribution in [3.8, 4) is 0 Å². The zero-order valence-electron chi connectivity index (χ0n) is 18.9. The molecule has 0 bridgehead atoms. The van der Waals surface area contributed by atoms with Crippen molar-refractivity contribution in [1.82, 2.24) is 15.5 Å². The van der Waals surface area contributed by atoms with Crippen LogP contribution in [-0.4, -0.2) is 69.4 Å². The van der Waals surface area contributed by atoms with E-state index in [1.165, 1.54) is 24.2 Å². The van der Waals surface area contributed by atoms with Crippen LogP contribution >= 0.6 is 0 Å². The number of benzene rings is 1. The number of guanidine groups is 1. The molecule has 2 N–H and O–H groups in total. The van der Waals surface area contributed by atoms with Crippen LogP contribution in [-0.2, 0) is 11.3 Å². The number of ether oxygens (including phenoxy) is 1. The van der Waals surface area contributed by atoms with E-state index in [0.717, 1.165) is 58.3 Å². The van der Waals surface area contributed by atoms with Crippen LogP contribution in [0.5, 0.6) is 0 Å². The van der Waals surface area contributed by atoms with Crippen molar-refractivity contribution in [2.24, 2.45) is 4.99 Å². The first-order valence-electron chi connectivity index (χ1n) is 11.3. The smallest absolute Gasteiger partial charge is 0.191 e. The van der Waals surface area contributed by atoms with Crippen molar-refractivity contribution in [3.05, 3.63) is 29.8 Å². The third kappa shape index (κ3) is 8.62. The topological polar surface area (TPSA) is 52.1 Å². The largest absolute Gasteiger partial charge is 0.378 e. The molecule has 1 aliphatic rings. The molecule has 6 heteroatoms. The number of nitrogens with zero attached hydrogens (tertiary/aromatic N) is 3. The number of nitrogens with one attached hydrogen (secondary N) is 2. The van der Waals surface area contributed by atoms with Gasteiger partial charge in [0.2, 0.25) is 0 Å². The maximum atomic E-state index is 5.44. The molecule has 6 nitrogen and oxygen atoms in total. The summed E-state index contributed by atoms with van der Waals surface area (Å²) in [6.07, 6.45) is 2.35. The fourth-order valence-corrected chi connectivity index (χ4v) is 3.59. The summed E-state index contributed by atoms with van der Waals surface area (Å²) in [6, 6.07) is 9.18. The zero-order valence-corrected chi connectivity index (χ0v) is 18.9. The Labute approximate surface area is 177 Å². The second-order valence-corrected chi connectivity index (χ2v) is 7.68. The lowest BCUT2D eigenvalue weighted by molar-refractivity contribution is 0.122. The van der Waals surface area contributed by atoms with Crippen molar-refractivity contribution < 1.29 is 4.74 Å². The summed E-state index contributed by atoms with van der Waals surface area (Å²) in [4.78, 5) is 9.65. The lowest BCUT2D eigenvalue weighted by Crippen LogP contribution is -2.42. The van der Waals surface area contributed by atoms with Crippen LogP contribution in [0.3, 0.4) is 0 Å². The van der Waals surface area contributed by atoms with E-state index in [9.17, 15) is 0 Å². The third-order valence-corrected chi connectivity index (χ3v) is 5.47. The van der Waals surface area contributed by atoms with Gasteiger partial charge in [0, 0.05) is 31.4 Å². The minimum Gasteiger partial charge on any atom is -0.378 e. The van der Waals surface area contributed by atoms with Gasteiger partial charge in [0.05, 0.1) is 19.8 Å². The Morgan fingerprint density at radius 1 is 1.14 bits per heavy atom. The van der Waals surface area contributed by atoms with E-state index in [1.807, 2.05) is 0 Å². The highest BCUT2D eigenvalue weighted by Crippen LogP contribution is 2.17. The lowest BCUT2D eigenvalue weighted by atomic mass is 10.1. The first-order valence-corrected chi connectivity index (χ1v) is 11.3. The van der Waals surface area contributed by atoms with E-state index >= 15 is 0 Å². The Bertz CT molecular complexity index is 579. The molecule has 1 heterocycles. The first-order chi connectivity index (χ1) is 14.2. The number of aliphatic imine (C=N–C) groups is 1. The number of hydrogen-bond acceptors (Lipinski definition) is 4. The second-order valence-electron chi connectivity index (χ2n) is 7.68. The second kappa shape index (κ2) is 13.4. The molecule has 1 aromatic carbocycles. The highest BCUT2D eigenvalue weighted by molar-refractivity contribution is 5.80. The fourth-order valence-electron chi connectivity index (χ4n) is 3.59. The Morgan fingerprint density at radius 3 is 2.45 bits per heavy atom. The molecule has 0 amide bonds. The SMILES string of the molecule is CCNC(=NCc1ccc(N2CCOCC2)cc1)NC(C)CCCN(CC)CC. The lowest BCUT2D eigenvalue weighted by Gasteiger charge is -2.28. The van der Waals surface area contributed by atoms with Gasteiger partial charge >= 0.3 is 0 Å². The van der Waals surface area contributed by atoms with Gasteiger partial charge in [0.25, 0.3) is 0 Å². The van der Waals surface area contributed by atoms with Crippen molar-refractivity contribution in [3.63, 3.8) is 0 Å². The van der Waals surface area contributed by atoms with E-state index in [0.29, 0.717) is 12.6 Å². The molecule has 1 saturated heterocycles. The molecule has 1 fully saturated rings. The third-order valence-electron chi connectivity index (χ3n) is 5.47. The van der Waals surface area contributed by atoms with Crippen molar-refractivity contribution >= 4 is 11.6 Å². The number of rotatable bonds is 11. The molecule has 0 aromatic heterocycles. The van der Waals surface area contributed by atoms with Gasteiger partial charge in [0.15, 0.2) is 5.96 Å². The minimum absolute atomic E-state index is 0.409. The number of morpholine rings is 1. The van der Waals surface area contributed by atoms with Gasteiger partial charge in [-0.05, 0) is 64.0 Å². The molecule has 29 heavy (non-hydrogen) atoms. The van der Waals surface area contributed by atoms with Gasteiger partial charge in [-0.3, -0.25) is 0 Å². The maximum absolute atomic E-state index is 5.44. The van der Waals surface area contributed by atoms with Gasteiger partial charge < -0.3 is 25.2 Å². The van der Waals surface area contributed by atoms with Crippen molar-refractivity contribution in [2.75, 3.05) is 57.4 Å². The summed E-state index contributed by atoms with van der Waals surface area (Å²) in [5.74, 6) is 0.903. The molecule has 2 rings (SSSR count). The monoisotopic (exact) mass is 403 g/mol. The Kier molecular flexibility index (Phi) is 10.9. The zero-order chi connectivity index (χ0) is 20.9. The Balaban J connectivity index is 1.82. The van der Waals surface area contributed by atoms with E-state index in [1.54, 1.807) is 0 Å². The van der Waals surface area contributed by atoms with Gasteiger partial charge in [-0.1, -0.05) is 26.0 Å². The van der Waals surface area contributed by atoms with Crippen molar-refractivity contribution in [2.45, 2.75) is 53.1 Å².